The van der Waals surface area contributed by atoms with Crippen molar-refractivity contribution in [2.45, 2.75) is 58.8 Å². The van der Waals surface area contributed by atoms with Crippen LogP contribution >= 0.6 is 34.2 Å². The number of aliphatic hydroxyl groups is 1. The van der Waals surface area contributed by atoms with Crippen molar-refractivity contribution in [2.75, 3.05) is 6.54 Å². The molecule has 1 aliphatic heterocycles. The predicted octanol–water partition coefficient (Wildman–Crippen LogP) is 3.05. The van der Waals surface area contributed by atoms with Crippen molar-refractivity contribution in [1.29, 1.82) is 0 Å². The number of aliphatic hydroxyl groups excluding tert-OH is 1. The topological polar surface area (TPSA) is 94.6 Å². The Morgan fingerprint density at radius 2 is 2.00 bits per heavy atom. The van der Waals surface area contributed by atoms with E-state index in [-0.39, 0.29) is 30.2 Å². The first-order chi connectivity index (χ1) is 14.6. The highest BCUT2D eigenvalue weighted by molar-refractivity contribution is 14.1. The number of thiazole rings is 1. The Labute approximate surface area is 201 Å². The summed E-state index contributed by atoms with van der Waals surface area (Å²) >= 11 is 3.58. The molecule has 7 nitrogen and oxygen atoms in total. The Bertz CT molecular complexity index is 926. The van der Waals surface area contributed by atoms with E-state index >= 15 is 0 Å². The second kappa shape index (κ2) is 9.93. The lowest BCUT2D eigenvalue weighted by molar-refractivity contribution is -0.141. The molecule has 2 aromatic rings. The maximum Gasteiger partial charge on any atom is 0.243 e. The van der Waals surface area contributed by atoms with Crippen LogP contribution in [0.4, 0.5) is 0 Å². The van der Waals surface area contributed by atoms with E-state index in [1.54, 1.807) is 11.3 Å². The molecule has 3 atom stereocenters. The van der Waals surface area contributed by atoms with Crippen LogP contribution in [0.15, 0.2) is 29.8 Å². The number of nitrogens with one attached hydrogen (secondary N) is 2. The number of hydrogen-bond acceptors (Lipinski definition) is 6. The number of benzene rings is 1. The Morgan fingerprint density at radius 1 is 1.32 bits per heavy atom. The third-order valence-electron chi connectivity index (χ3n) is 5.52. The van der Waals surface area contributed by atoms with Gasteiger partial charge >= 0.3 is 0 Å². The summed E-state index contributed by atoms with van der Waals surface area (Å²) in [6, 6.07) is 6.90. The van der Waals surface area contributed by atoms with Crippen LogP contribution in [0.2, 0.25) is 0 Å². The predicted molar refractivity (Wildman–Crippen MR) is 131 cm³/mol. The highest BCUT2D eigenvalue weighted by Crippen LogP contribution is 2.28. The van der Waals surface area contributed by atoms with Gasteiger partial charge in [0.1, 0.15) is 12.1 Å². The van der Waals surface area contributed by atoms with Crippen LogP contribution in [0, 0.1) is 12.3 Å². The van der Waals surface area contributed by atoms with Crippen molar-refractivity contribution >= 4 is 46.0 Å². The molecular formula is C22H29IN4O3S. The molecule has 1 aliphatic rings. The van der Waals surface area contributed by atoms with Crippen molar-refractivity contribution in [2.24, 2.45) is 5.41 Å². The maximum absolute atomic E-state index is 13.1. The summed E-state index contributed by atoms with van der Waals surface area (Å²) in [7, 11) is 0. The summed E-state index contributed by atoms with van der Waals surface area (Å²) in [6.07, 6.45) is -0.448. The molecule has 1 fully saturated rings. The van der Waals surface area contributed by atoms with E-state index in [0.29, 0.717) is 6.54 Å². The number of nitrogens with zero attached hydrogens (tertiary/aromatic N) is 2. The summed E-state index contributed by atoms with van der Waals surface area (Å²) < 4.78 is 3.03. The highest BCUT2D eigenvalue weighted by Gasteiger charge is 2.43. The lowest BCUT2D eigenvalue weighted by Crippen LogP contribution is -2.54. The molecule has 3 N–H and O–H groups in total. The monoisotopic (exact) mass is 556 g/mol. The quantitative estimate of drug-likeness (QED) is 0.376. The SMILES string of the molecule is Cc1ncsc1-c1ccc(CNC(=O)[C@H]2C[C@H](O)CN2C(=O)[C@H](NI)C(C)(C)C)cc1. The molecule has 1 saturated heterocycles. The first-order valence-corrected chi connectivity index (χ1v) is 12.2. The smallest absolute Gasteiger partial charge is 0.243 e. The number of aromatic nitrogens is 1. The van der Waals surface area contributed by atoms with Crippen molar-refractivity contribution in [1.82, 2.24) is 18.7 Å². The van der Waals surface area contributed by atoms with Gasteiger partial charge in [-0.2, -0.15) is 0 Å². The molecule has 2 amide bonds. The number of rotatable bonds is 6. The van der Waals surface area contributed by atoms with Crippen LogP contribution in [-0.4, -0.2) is 51.5 Å². The molecule has 9 heteroatoms. The summed E-state index contributed by atoms with van der Waals surface area (Å²) in [6.45, 7) is 8.44. The van der Waals surface area contributed by atoms with E-state index in [0.717, 1.165) is 21.7 Å². The summed E-state index contributed by atoms with van der Waals surface area (Å²) in [5.74, 6) is -0.406. The van der Waals surface area contributed by atoms with Crippen molar-refractivity contribution in [3.8, 4) is 10.4 Å². The van der Waals surface area contributed by atoms with E-state index in [1.165, 1.54) is 4.90 Å². The third kappa shape index (κ3) is 5.63. The first-order valence-electron chi connectivity index (χ1n) is 10.2. The van der Waals surface area contributed by atoms with Crippen molar-refractivity contribution in [3.63, 3.8) is 0 Å². The summed E-state index contributed by atoms with van der Waals surface area (Å²) in [4.78, 5) is 32.9. The van der Waals surface area contributed by atoms with Gasteiger partial charge < -0.3 is 15.3 Å². The minimum Gasteiger partial charge on any atom is -0.391 e. The molecule has 0 radical (unpaired) electrons. The average Bonchev–Trinajstić information content (AvgIpc) is 3.31. The van der Waals surface area contributed by atoms with E-state index in [1.807, 2.05) is 80.3 Å². The average molecular weight is 556 g/mol. The number of likely N-dealkylation sites (tertiary alicyclic amines) is 1. The Morgan fingerprint density at radius 3 is 2.55 bits per heavy atom. The molecule has 168 valence electrons. The van der Waals surface area contributed by atoms with Crippen LogP contribution in [0.3, 0.4) is 0 Å². The fourth-order valence-corrected chi connectivity index (χ4v) is 5.72. The molecule has 0 aliphatic carbocycles. The number of carbonyl (C=O) groups is 2. The van der Waals surface area contributed by atoms with Crippen molar-refractivity contribution < 1.29 is 14.7 Å². The second-order valence-electron chi connectivity index (χ2n) is 8.99. The van der Waals surface area contributed by atoms with Gasteiger partial charge in [-0.15, -0.1) is 11.3 Å². The van der Waals surface area contributed by atoms with Crippen LogP contribution < -0.4 is 8.85 Å². The Balaban J connectivity index is 1.65. The number of halogens is 1. The lowest BCUT2D eigenvalue weighted by Gasteiger charge is -2.34. The zero-order valence-electron chi connectivity index (χ0n) is 18.2. The number of amides is 2. The highest BCUT2D eigenvalue weighted by atomic mass is 127. The first kappa shape index (κ1) is 24.1. The molecule has 1 aromatic carbocycles. The lowest BCUT2D eigenvalue weighted by atomic mass is 9.86. The van der Waals surface area contributed by atoms with Gasteiger partial charge in [0.2, 0.25) is 11.8 Å². The number of aryl methyl sites for hydroxylation is 1. The Hall–Kier alpha value is -1.56. The Kier molecular flexibility index (Phi) is 7.72. The van der Waals surface area contributed by atoms with Crippen LogP contribution in [0.25, 0.3) is 10.4 Å². The molecule has 0 unspecified atom stereocenters. The van der Waals surface area contributed by atoms with Gasteiger partial charge in [0, 0.05) is 42.4 Å². The fourth-order valence-electron chi connectivity index (χ4n) is 3.71. The fraction of sp³-hybridized carbons (Fsp3) is 0.500. The van der Waals surface area contributed by atoms with Gasteiger partial charge in [0.25, 0.3) is 0 Å². The van der Waals surface area contributed by atoms with Gasteiger partial charge in [-0.1, -0.05) is 45.0 Å². The molecule has 0 saturated carbocycles. The summed E-state index contributed by atoms with van der Waals surface area (Å²) in [5, 5.41) is 13.1. The summed E-state index contributed by atoms with van der Waals surface area (Å²) in [5.41, 5.74) is 4.60. The molecule has 2 heterocycles. The zero-order valence-corrected chi connectivity index (χ0v) is 21.2. The van der Waals surface area contributed by atoms with Crippen molar-refractivity contribution in [3.05, 3.63) is 41.0 Å². The van der Waals surface area contributed by atoms with E-state index in [2.05, 4.69) is 13.8 Å². The number of β-amino-alcohol motifs (C(OH)–C–C–N with tert-alkyl or cyclic N) is 1. The maximum atomic E-state index is 13.1. The van der Waals surface area contributed by atoms with Gasteiger partial charge in [-0.25, -0.2) is 8.51 Å². The second-order valence-corrected chi connectivity index (χ2v) is 10.5. The van der Waals surface area contributed by atoms with Crippen LogP contribution in [0.1, 0.15) is 38.4 Å². The normalized spacial score (nSPS) is 20.0. The standard InChI is InChI=1S/C22H29IN4O3S/c1-13-18(31-12-25-13)15-7-5-14(6-8-15)10-24-20(29)17-9-16(28)11-27(17)21(30)19(26-23)22(2,3)4/h5-8,12,16-17,19,26,28H,9-11H2,1-4H3,(H,24,29)/t16-,17+,19-/m0/s1. The van der Waals surface area contributed by atoms with Gasteiger partial charge in [0.05, 0.1) is 22.2 Å². The van der Waals surface area contributed by atoms with Gasteiger partial charge in [0.15, 0.2) is 0 Å². The molecule has 0 bridgehead atoms. The molecule has 0 spiro atoms. The molecule has 1 aromatic heterocycles. The minimum atomic E-state index is -0.698. The van der Waals surface area contributed by atoms with Crippen LogP contribution in [-0.2, 0) is 16.1 Å². The molecule has 3 rings (SSSR count). The van der Waals surface area contributed by atoms with E-state index in [4.69, 9.17) is 0 Å². The van der Waals surface area contributed by atoms with Gasteiger partial charge in [-0.3, -0.25) is 9.59 Å². The third-order valence-corrected chi connectivity index (χ3v) is 7.12. The van der Waals surface area contributed by atoms with Gasteiger partial charge in [-0.05, 0) is 23.5 Å². The molecular weight excluding hydrogens is 527 g/mol. The van der Waals surface area contributed by atoms with E-state index in [9.17, 15) is 14.7 Å². The molecule has 31 heavy (non-hydrogen) atoms. The van der Waals surface area contributed by atoms with E-state index < -0.39 is 18.2 Å². The zero-order chi connectivity index (χ0) is 22.8. The largest absolute Gasteiger partial charge is 0.391 e. The minimum absolute atomic E-state index is 0.164. The van der Waals surface area contributed by atoms with Crippen LogP contribution in [0.5, 0.6) is 0 Å². The number of carbonyl (C=O) groups excluding carboxylic acids is 2. The number of hydrogen-bond donors (Lipinski definition) is 3.